The molecule has 2 aromatic carbocycles. The van der Waals surface area contributed by atoms with E-state index < -0.39 is 0 Å². The lowest BCUT2D eigenvalue weighted by Gasteiger charge is -2.25. The van der Waals surface area contributed by atoms with Gasteiger partial charge in [-0.2, -0.15) is 5.10 Å². The third-order valence-electron chi connectivity index (χ3n) is 5.89. The van der Waals surface area contributed by atoms with Gasteiger partial charge in [-0.05, 0) is 54.3 Å². The van der Waals surface area contributed by atoms with Gasteiger partial charge in [0.05, 0.1) is 24.6 Å². The average Bonchev–Trinajstić information content (AvgIpc) is 3.15. The summed E-state index contributed by atoms with van der Waals surface area (Å²) in [6, 6.07) is 20.7. The summed E-state index contributed by atoms with van der Waals surface area (Å²) in [7, 11) is 1.68. The van der Waals surface area contributed by atoms with E-state index in [-0.39, 0.29) is 6.04 Å². The Balaban J connectivity index is 1.72. The minimum atomic E-state index is 0.0431. The van der Waals surface area contributed by atoms with E-state index >= 15 is 0 Å². The van der Waals surface area contributed by atoms with Crippen molar-refractivity contribution in [1.29, 1.82) is 0 Å². The zero-order chi connectivity index (χ0) is 21.4. The highest BCUT2D eigenvalue weighted by Crippen LogP contribution is 2.42. The van der Waals surface area contributed by atoms with Crippen LogP contribution in [0.3, 0.4) is 0 Å². The van der Waals surface area contributed by atoms with Crippen LogP contribution in [0.2, 0.25) is 0 Å². The van der Waals surface area contributed by atoms with Crippen LogP contribution in [0, 0.1) is 13.8 Å². The number of aliphatic imine (C=N–C) groups is 1. The average molecular weight is 409 g/mol. The SMILES string of the molecule is COc1ccc(-c2c(C)nn3c2N=C(c2ccccc2C)C[C@@H]3c2cccnc2)cc1. The molecule has 0 unspecified atom stereocenters. The molecule has 1 atom stereocenters. The molecule has 0 saturated carbocycles. The fourth-order valence-corrected chi connectivity index (χ4v) is 4.30. The van der Waals surface area contributed by atoms with E-state index in [1.54, 1.807) is 13.3 Å². The van der Waals surface area contributed by atoms with Crippen LogP contribution in [-0.4, -0.2) is 27.6 Å². The zero-order valence-electron chi connectivity index (χ0n) is 17.9. The second-order valence-electron chi connectivity index (χ2n) is 7.84. The second-order valence-corrected chi connectivity index (χ2v) is 7.84. The van der Waals surface area contributed by atoms with E-state index in [9.17, 15) is 0 Å². The van der Waals surface area contributed by atoms with Crippen LogP contribution < -0.4 is 4.74 Å². The summed E-state index contributed by atoms with van der Waals surface area (Å²) in [5, 5.41) is 4.93. The molecule has 31 heavy (non-hydrogen) atoms. The van der Waals surface area contributed by atoms with Crippen molar-refractivity contribution in [3.8, 4) is 16.9 Å². The topological polar surface area (TPSA) is 52.3 Å². The summed E-state index contributed by atoms with van der Waals surface area (Å²) >= 11 is 0. The third-order valence-corrected chi connectivity index (χ3v) is 5.89. The van der Waals surface area contributed by atoms with Gasteiger partial charge in [-0.25, -0.2) is 9.67 Å². The fourth-order valence-electron chi connectivity index (χ4n) is 4.30. The van der Waals surface area contributed by atoms with Gasteiger partial charge < -0.3 is 4.74 Å². The maximum Gasteiger partial charge on any atom is 0.159 e. The Morgan fingerprint density at radius 3 is 2.48 bits per heavy atom. The van der Waals surface area contributed by atoms with Crippen LogP contribution in [0.15, 0.2) is 78.0 Å². The molecule has 4 aromatic rings. The lowest BCUT2D eigenvalue weighted by Crippen LogP contribution is -2.21. The number of rotatable bonds is 4. The highest BCUT2D eigenvalue weighted by molar-refractivity contribution is 6.05. The van der Waals surface area contributed by atoms with Crippen LogP contribution in [-0.2, 0) is 0 Å². The van der Waals surface area contributed by atoms with Crippen molar-refractivity contribution in [1.82, 2.24) is 14.8 Å². The first-order valence-corrected chi connectivity index (χ1v) is 10.4. The third kappa shape index (κ3) is 3.42. The Bertz CT molecular complexity index is 1260. The number of pyridine rings is 1. The predicted molar refractivity (Wildman–Crippen MR) is 123 cm³/mol. The summed E-state index contributed by atoms with van der Waals surface area (Å²) in [6.07, 6.45) is 4.51. The Hall–Kier alpha value is -3.73. The first-order chi connectivity index (χ1) is 15.2. The molecule has 0 amide bonds. The van der Waals surface area contributed by atoms with Crippen molar-refractivity contribution in [3.63, 3.8) is 0 Å². The highest BCUT2D eigenvalue weighted by atomic mass is 16.5. The molecule has 0 aliphatic carbocycles. The molecule has 5 rings (SSSR count). The van der Waals surface area contributed by atoms with Gasteiger partial charge in [0.15, 0.2) is 5.82 Å². The Kier molecular flexibility index (Phi) is 4.86. The molecule has 2 aromatic heterocycles. The largest absolute Gasteiger partial charge is 0.497 e. The Morgan fingerprint density at radius 2 is 1.77 bits per heavy atom. The van der Waals surface area contributed by atoms with Crippen LogP contribution in [0.4, 0.5) is 5.82 Å². The molecule has 1 aliphatic rings. The normalized spacial score (nSPS) is 15.3. The van der Waals surface area contributed by atoms with Gasteiger partial charge in [0.25, 0.3) is 0 Å². The molecule has 1 aliphatic heterocycles. The summed E-state index contributed by atoms with van der Waals surface area (Å²) in [4.78, 5) is 9.52. The van der Waals surface area contributed by atoms with Gasteiger partial charge in [-0.15, -0.1) is 0 Å². The van der Waals surface area contributed by atoms with Gasteiger partial charge >= 0.3 is 0 Å². The first-order valence-electron chi connectivity index (χ1n) is 10.4. The molecule has 0 fully saturated rings. The van der Waals surface area contributed by atoms with Gasteiger partial charge in [0.1, 0.15) is 5.75 Å². The highest BCUT2D eigenvalue weighted by Gasteiger charge is 2.30. The molecular weight excluding hydrogens is 384 g/mol. The minimum Gasteiger partial charge on any atom is -0.497 e. The number of benzene rings is 2. The lowest BCUT2D eigenvalue weighted by atomic mass is 9.94. The second kappa shape index (κ2) is 7.84. The smallest absolute Gasteiger partial charge is 0.159 e. The molecule has 0 bridgehead atoms. The van der Waals surface area contributed by atoms with Crippen LogP contribution in [0.1, 0.15) is 34.8 Å². The Morgan fingerprint density at radius 1 is 0.968 bits per heavy atom. The quantitative estimate of drug-likeness (QED) is 0.436. The molecule has 0 N–H and O–H groups in total. The number of nitrogens with zero attached hydrogens (tertiary/aromatic N) is 4. The Labute approximate surface area is 182 Å². The van der Waals surface area contributed by atoms with E-state index in [1.165, 1.54) is 11.1 Å². The molecule has 0 saturated heterocycles. The molecule has 0 spiro atoms. The van der Waals surface area contributed by atoms with Crippen molar-refractivity contribution in [2.75, 3.05) is 7.11 Å². The van der Waals surface area contributed by atoms with E-state index in [0.717, 1.165) is 46.1 Å². The number of methoxy groups -OCH3 is 1. The van der Waals surface area contributed by atoms with Crippen molar-refractivity contribution in [2.45, 2.75) is 26.3 Å². The van der Waals surface area contributed by atoms with E-state index in [4.69, 9.17) is 14.8 Å². The number of aryl methyl sites for hydroxylation is 2. The number of ether oxygens (including phenoxy) is 1. The molecule has 5 nitrogen and oxygen atoms in total. The number of aromatic nitrogens is 3. The zero-order valence-corrected chi connectivity index (χ0v) is 17.9. The van der Waals surface area contributed by atoms with Crippen LogP contribution >= 0.6 is 0 Å². The molecule has 3 heterocycles. The number of hydrogen-bond donors (Lipinski definition) is 0. The van der Waals surface area contributed by atoms with E-state index in [2.05, 4.69) is 59.1 Å². The maximum absolute atomic E-state index is 5.34. The summed E-state index contributed by atoms with van der Waals surface area (Å²) < 4.78 is 7.40. The standard InChI is InChI=1S/C26H24N4O/c1-17-7-4-5-9-22(17)23-15-24(20-8-6-14-27-16-20)30-26(28-23)25(18(2)29-30)19-10-12-21(31-3)13-11-19/h4-14,16,24H,15H2,1-3H3/t24-/m1/s1. The van der Waals surface area contributed by atoms with Crippen LogP contribution in [0.25, 0.3) is 11.1 Å². The van der Waals surface area contributed by atoms with E-state index in [1.807, 2.05) is 31.3 Å². The van der Waals surface area contributed by atoms with Crippen molar-refractivity contribution >= 4 is 11.5 Å². The van der Waals surface area contributed by atoms with Crippen molar-refractivity contribution < 1.29 is 4.74 Å². The molecule has 0 radical (unpaired) electrons. The number of hydrogen-bond acceptors (Lipinski definition) is 4. The number of fused-ring (bicyclic) bond motifs is 1. The van der Waals surface area contributed by atoms with E-state index in [0.29, 0.717) is 0 Å². The van der Waals surface area contributed by atoms with Crippen molar-refractivity contribution in [3.05, 3.63) is 95.4 Å². The summed E-state index contributed by atoms with van der Waals surface area (Å²) in [5.41, 5.74) is 7.72. The van der Waals surface area contributed by atoms with Crippen molar-refractivity contribution in [2.24, 2.45) is 4.99 Å². The fraction of sp³-hybridized carbons (Fsp3) is 0.192. The molecule has 5 heteroatoms. The minimum absolute atomic E-state index is 0.0431. The molecule has 154 valence electrons. The van der Waals surface area contributed by atoms with Crippen LogP contribution in [0.5, 0.6) is 5.75 Å². The summed E-state index contributed by atoms with van der Waals surface area (Å²) in [6.45, 7) is 4.19. The van der Waals surface area contributed by atoms with Gasteiger partial charge in [0.2, 0.25) is 0 Å². The van der Waals surface area contributed by atoms with Gasteiger partial charge in [0, 0.05) is 24.4 Å². The first kappa shape index (κ1) is 19.2. The maximum atomic E-state index is 5.34. The van der Waals surface area contributed by atoms with Gasteiger partial charge in [-0.3, -0.25) is 4.98 Å². The monoisotopic (exact) mass is 408 g/mol. The van der Waals surface area contributed by atoms with Gasteiger partial charge in [-0.1, -0.05) is 42.5 Å². The predicted octanol–water partition coefficient (Wildman–Crippen LogP) is 5.68. The lowest BCUT2D eigenvalue weighted by molar-refractivity contribution is 0.415. The molecular formula is C26H24N4O. The summed E-state index contributed by atoms with van der Waals surface area (Å²) in [5.74, 6) is 1.72.